The first kappa shape index (κ1) is 6.29. The van der Waals surface area contributed by atoms with Crippen LogP contribution in [0.15, 0.2) is 23.9 Å². The van der Waals surface area contributed by atoms with Gasteiger partial charge in [0.05, 0.1) is 5.01 Å². The van der Waals surface area contributed by atoms with Gasteiger partial charge in [-0.2, -0.15) is 0 Å². The Balaban J connectivity index is 2.58. The molecular weight excluding hydrogens is 132 g/mol. The molecule has 1 aromatic rings. The van der Waals surface area contributed by atoms with E-state index in [0.717, 1.165) is 5.01 Å². The van der Waals surface area contributed by atoms with Gasteiger partial charge in [0.15, 0.2) is 0 Å². The second-order valence-corrected chi connectivity index (χ2v) is 2.74. The van der Waals surface area contributed by atoms with E-state index in [1.807, 2.05) is 5.38 Å². The van der Waals surface area contributed by atoms with E-state index < -0.39 is 0 Å². The monoisotopic (exact) mass is 140 g/mol. The first-order valence-corrected chi connectivity index (χ1v) is 3.48. The summed E-state index contributed by atoms with van der Waals surface area (Å²) in [6, 6.07) is 0. The molecule has 1 rings (SSSR count). The molecule has 0 radical (unpaired) electrons. The largest absolute Gasteiger partial charge is 0.402 e. The lowest BCUT2D eigenvalue weighted by Crippen LogP contribution is -1.97. The Labute approximate surface area is 58.0 Å². The molecule has 0 aliphatic carbocycles. The van der Waals surface area contributed by atoms with E-state index >= 15 is 0 Å². The van der Waals surface area contributed by atoms with Crippen LogP contribution in [0.4, 0.5) is 0 Å². The van der Waals surface area contributed by atoms with Crippen LogP contribution in [-0.4, -0.2) is 4.98 Å². The molecule has 0 spiro atoms. The van der Waals surface area contributed by atoms with Crippen LogP contribution in [0.1, 0.15) is 5.01 Å². The maximum Gasteiger partial charge on any atom is 0.0983 e. The van der Waals surface area contributed by atoms with Gasteiger partial charge in [0.25, 0.3) is 0 Å². The number of thiazole rings is 1. The number of rotatable bonds is 2. The van der Waals surface area contributed by atoms with Crippen LogP contribution in [0.5, 0.6) is 0 Å². The summed E-state index contributed by atoms with van der Waals surface area (Å²) in [6.45, 7) is 3.57. The average Bonchev–Trinajstić information content (AvgIpc) is 2.15. The average molecular weight is 140 g/mol. The molecule has 0 saturated heterocycles. The molecule has 0 bridgehead atoms. The summed E-state index contributed by atoms with van der Waals surface area (Å²) in [5.74, 6) is 0. The number of nitrogens with two attached hydrogens (primary N) is 1. The summed E-state index contributed by atoms with van der Waals surface area (Å²) in [7, 11) is 0. The minimum absolute atomic E-state index is 0.671. The fourth-order valence-corrected chi connectivity index (χ4v) is 1.20. The van der Waals surface area contributed by atoms with Crippen molar-refractivity contribution >= 4 is 11.3 Å². The maximum absolute atomic E-state index is 5.36. The van der Waals surface area contributed by atoms with Gasteiger partial charge in [-0.3, -0.25) is 0 Å². The van der Waals surface area contributed by atoms with Crippen LogP contribution in [0, 0.1) is 0 Å². The quantitative estimate of drug-likeness (QED) is 0.669. The summed E-state index contributed by atoms with van der Waals surface area (Å²) >= 11 is 1.60. The van der Waals surface area contributed by atoms with E-state index in [0.29, 0.717) is 12.1 Å². The number of hydrogen-bond donors (Lipinski definition) is 1. The fourth-order valence-electron chi connectivity index (χ4n) is 0.535. The molecule has 0 aliphatic rings. The summed E-state index contributed by atoms with van der Waals surface area (Å²) in [6.07, 6.45) is 2.47. The van der Waals surface area contributed by atoms with Crippen molar-refractivity contribution in [3.8, 4) is 0 Å². The van der Waals surface area contributed by atoms with Gasteiger partial charge in [0.2, 0.25) is 0 Å². The smallest absolute Gasteiger partial charge is 0.0983 e. The molecule has 0 atom stereocenters. The molecule has 48 valence electrons. The Hall–Kier alpha value is -0.830. The highest BCUT2D eigenvalue weighted by atomic mass is 32.1. The third kappa shape index (κ3) is 1.85. The molecule has 0 aromatic carbocycles. The molecule has 9 heavy (non-hydrogen) atoms. The number of aromatic nitrogens is 1. The van der Waals surface area contributed by atoms with Crippen LogP contribution in [-0.2, 0) is 6.42 Å². The first-order chi connectivity index (χ1) is 4.29. The molecular formula is C6H8N2S. The van der Waals surface area contributed by atoms with Gasteiger partial charge >= 0.3 is 0 Å². The minimum atomic E-state index is 0.671. The zero-order valence-corrected chi connectivity index (χ0v) is 5.82. The van der Waals surface area contributed by atoms with E-state index in [-0.39, 0.29) is 0 Å². The molecule has 0 unspecified atom stereocenters. The van der Waals surface area contributed by atoms with Crippen LogP contribution >= 0.6 is 11.3 Å². The van der Waals surface area contributed by atoms with Crippen molar-refractivity contribution in [2.45, 2.75) is 6.42 Å². The van der Waals surface area contributed by atoms with E-state index in [2.05, 4.69) is 11.6 Å². The Morgan fingerprint density at radius 1 is 1.89 bits per heavy atom. The molecule has 0 aliphatic heterocycles. The molecule has 1 aromatic heterocycles. The predicted octanol–water partition coefficient (Wildman–Crippen LogP) is 1.16. The van der Waals surface area contributed by atoms with E-state index in [9.17, 15) is 0 Å². The summed E-state index contributed by atoms with van der Waals surface area (Å²) in [4.78, 5) is 4.03. The third-order valence-corrected chi connectivity index (χ3v) is 1.64. The predicted molar refractivity (Wildman–Crippen MR) is 39.1 cm³/mol. The first-order valence-electron chi connectivity index (χ1n) is 2.60. The Morgan fingerprint density at radius 2 is 2.67 bits per heavy atom. The fraction of sp³-hybridized carbons (Fsp3) is 0.167. The third-order valence-electron chi connectivity index (χ3n) is 0.862. The van der Waals surface area contributed by atoms with Gasteiger partial charge in [0.1, 0.15) is 0 Å². The molecule has 2 N–H and O–H groups in total. The molecule has 0 fully saturated rings. The van der Waals surface area contributed by atoms with Gasteiger partial charge < -0.3 is 5.73 Å². The topological polar surface area (TPSA) is 38.9 Å². The van der Waals surface area contributed by atoms with E-state index in [1.54, 1.807) is 17.5 Å². The summed E-state index contributed by atoms with van der Waals surface area (Å²) in [5, 5.41) is 2.96. The standard InChI is InChI=1S/C6H8N2S/c1-5(7)4-6-8-2-3-9-6/h2-3H,1,4,7H2. The second-order valence-electron chi connectivity index (χ2n) is 1.76. The highest BCUT2D eigenvalue weighted by Crippen LogP contribution is 2.05. The maximum atomic E-state index is 5.36. The van der Waals surface area contributed by atoms with Crippen molar-refractivity contribution in [3.63, 3.8) is 0 Å². The Kier molecular flexibility index (Phi) is 1.85. The lowest BCUT2D eigenvalue weighted by atomic mass is 10.4. The molecule has 0 saturated carbocycles. The van der Waals surface area contributed by atoms with Crippen molar-refractivity contribution in [1.29, 1.82) is 0 Å². The van der Waals surface area contributed by atoms with Crippen LogP contribution in [0.25, 0.3) is 0 Å². The van der Waals surface area contributed by atoms with Gasteiger partial charge in [-0.1, -0.05) is 6.58 Å². The summed E-state index contributed by atoms with van der Waals surface area (Å²) in [5.41, 5.74) is 6.03. The van der Waals surface area contributed by atoms with Crippen molar-refractivity contribution in [3.05, 3.63) is 28.9 Å². The second kappa shape index (κ2) is 2.64. The normalized spacial score (nSPS) is 9.33. The van der Waals surface area contributed by atoms with Crippen LogP contribution < -0.4 is 5.73 Å². The van der Waals surface area contributed by atoms with Crippen molar-refractivity contribution in [2.24, 2.45) is 5.73 Å². The minimum Gasteiger partial charge on any atom is -0.402 e. The van der Waals surface area contributed by atoms with Crippen LogP contribution in [0.2, 0.25) is 0 Å². The number of allylic oxidation sites excluding steroid dienone is 1. The van der Waals surface area contributed by atoms with Gasteiger partial charge in [-0.25, -0.2) is 4.98 Å². The van der Waals surface area contributed by atoms with Gasteiger partial charge in [0, 0.05) is 23.7 Å². The molecule has 2 nitrogen and oxygen atoms in total. The SMILES string of the molecule is C=C(N)Cc1nccs1. The van der Waals surface area contributed by atoms with Crippen LogP contribution in [0.3, 0.4) is 0 Å². The highest BCUT2D eigenvalue weighted by Gasteiger charge is 1.93. The van der Waals surface area contributed by atoms with Crippen molar-refractivity contribution < 1.29 is 0 Å². The zero-order valence-electron chi connectivity index (χ0n) is 5.00. The van der Waals surface area contributed by atoms with E-state index in [1.165, 1.54) is 0 Å². The lowest BCUT2D eigenvalue weighted by molar-refractivity contribution is 1.09. The lowest BCUT2D eigenvalue weighted by Gasteiger charge is -1.90. The Bertz CT molecular complexity index is 191. The summed E-state index contributed by atoms with van der Waals surface area (Å²) < 4.78 is 0. The number of hydrogen-bond acceptors (Lipinski definition) is 3. The van der Waals surface area contributed by atoms with Gasteiger partial charge in [-0.15, -0.1) is 11.3 Å². The Morgan fingerprint density at radius 3 is 3.11 bits per heavy atom. The van der Waals surface area contributed by atoms with E-state index in [4.69, 9.17) is 5.73 Å². The van der Waals surface area contributed by atoms with Crippen molar-refractivity contribution in [2.75, 3.05) is 0 Å². The molecule has 3 heteroatoms. The number of nitrogens with zero attached hydrogens (tertiary/aromatic N) is 1. The van der Waals surface area contributed by atoms with Crippen molar-refractivity contribution in [1.82, 2.24) is 4.98 Å². The highest BCUT2D eigenvalue weighted by molar-refractivity contribution is 7.09. The van der Waals surface area contributed by atoms with Gasteiger partial charge in [-0.05, 0) is 0 Å². The molecule has 0 amide bonds. The molecule has 1 heterocycles. The zero-order chi connectivity index (χ0) is 6.69.